The van der Waals surface area contributed by atoms with Crippen molar-refractivity contribution in [2.75, 3.05) is 73.2 Å². The summed E-state index contributed by atoms with van der Waals surface area (Å²) >= 11 is 0. The Kier molecular flexibility index (Phi) is 9.68. The lowest BCUT2D eigenvalue weighted by Crippen LogP contribution is -2.47. The molecule has 1 N–H and O–H groups in total. The molecule has 2 atom stereocenters. The van der Waals surface area contributed by atoms with Crippen LogP contribution in [0.3, 0.4) is 0 Å². The van der Waals surface area contributed by atoms with Crippen LogP contribution in [0.2, 0.25) is 0 Å². The molecule has 3 heterocycles. The molecule has 0 aromatic heterocycles. The SMILES string of the molecule is CN=C(NCC(c1ccc(OC)cc1)N1CCCC1)N1CCC(N2CCOCC2)C1.I. The quantitative estimate of drug-likeness (QED) is 0.338. The molecule has 4 rings (SSSR count). The zero-order valence-electron chi connectivity index (χ0n) is 19.0. The van der Waals surface area contributed by atoms with Crippen LogP contribution in [0.4, 0.5) is 0 Å². The fourth-order valence-electron chi connectivity index (χ4n) is 5.03. The van der Waals surface area contributed by atoms with Crippen LogP contribution in [-0.2, 0) is 4.74 Å². The third-order valence-electron chi connectivity index (χ3n) is 6.77. The first-order valence-corrected chi connectivity index (χ1v) is 11.4. The lowest BCUT2D eigenvalue weighted by Gasteiger charge is -2.33. The minimum absolute atomic E-state index is 0. The van der Waals surface area contributed by atoms with Crippen LogP contribution in [-0.4, -0.2) is 99.9 Å². The van der Waals surface area contributed by atoms with E-state index in [1.165, 1.54) is 37.9 Å². The zero-order valence-corrected chi connectivity index (χ0v) is 21.3. The van der Waals surface area contributed by atoms with Crippen LogP contribution in [0.1, 0.15) is 30.9 Å². The number of likely N-dealkylation sites (tertiary alicyclic amines) is 2. The van der Waals surface area contributed by atoms with Crippen molar-refractivity contribution >= 4 is 29.9 Å². The molecule has 0 bridgehead atoms. The van der Waals surface area contributed by atoms with Crippen molar-refractivity contribution in [2.45, 2.75) is 31.3 Å². The molecule has 2 unspecified atom stereocenters. The van der Waals surface area contributed by atoms with Gasteiger partial charge in [-0.3, -0.25) is 14.8 Å². The monoisotopic (exact) mass is 543 g/mol. The molecule has 0 amide bonds. The normalized spacial score (nSPS) is 24.1. The molecule has 1 aromatic carbocycles. The molecule has 0 saturated carbocycles. The van der Waals surface area contributed by atoms with Crippen molar-refractivity contribution in [1.82, 2.24) is 20.0 Å². The number of morpholine rings is 1. The summed E-state index contributed by atoms with van der Waals surface area (Å²) in [5.41, 5.74) is 1.34. The molecule has 3 aliphatic rings. The molecule has 0 spiro atoms. The largest absolute Gasteiger partial charge is 0.497 e. The number of aliphatic imine (C=N–C) groups is 1. The van der Waals surface area contributed by atoms with Crippen molar-refractivity contribution in [3.8, 4) is 5.75 Å². The van der Waals surface area contributed by atoms with Crippen LogP contribution in [0.25, 0.3) is 0 Å². The minimum Gasteiger partial charge on any atom is -0.497 e. The predicted molar refractivity (Wildman–Crippen MR) is 136 cm³/mol. The lowest BCUT2D eigenvalue weighted by atomic mass is 10.1. The first-order chi connectivity index (χ1) is 14.8. The Morgan fingerprint density at radius 1 is 1.13 bits per heavy atom. The van der Waals surface area contributed by atoms with Crippen molar-refractivity contribution in [3.05, 3.63) is 29.8 Å². The molecule has 3 fully saturated rings. The van der Waals surface area contributed by atoms with E-state index in [9.17, 15) is 0 Å². The number of halogens is 1. The second kappa shape index (κ2) is 12.2. The van der Waals surface area contributed by atoms with E-state index in [4.69, 9.17) is 9.47 Å². The summed E-state index contributed by atoms with van der Waals surface area (Å²) in [5, 5.41) is 3.70. The summed E-state index contributed by atoms with van der Waals surface area (Å²) < 4.78 is 10.9. The van der Waals surface area contributed by atoms with Gasteiger partial charge in [-0.1, -0.05) is 12.1 Å². The number of rotatable bonds is 6. The molecule has 3 saturated heterocycles. The maximum atomic E-state index is 5.52. The maximum absolute atomic E-state index is 5.52. The highest BCUT2D eigenvalue weighted by atomic mass is 127. The number of guanidine groups is 1. The van der Waals surface area contributed by atoms with E-state index in [0.717, 1.165) is 57.6 Å². The van der Waals surface area contributed by atoms with Crippen LogP contribution in [0.15, 0.2) is 29.3 Å². The van der Waals surface area contributed by atoms with E-state index in [1.807, 2.05) is 7.05 Å². The van der Waals surface area contributed by atoms with Crippen molar-refractivity contribution in [2.24, 2.45) is 4.99 Å². The van der Waals surface area contributed by atoms with Crippen LogP contribution >= 0.6 is 24.0 Å². The molecule has 7 nitrogen and oxygen atoms in total. The topological polar surface area (TPSA) is 52.6 Å². The second-order valence-electron chi connectivity index (χ2n) is 8.50. The second-order valence-corrected chi connectivity index (χ2v) is 8.50. The Balaban J connectivity index is 0.00000272. The Bertz CT molecular complexity index is 690. The highest BCUT2D eigenvalue weighted by molar-refractivity contribution is 14.0. The first-order valence-electron chi connectivity index (χ1n) is 11.4. The van der Waals surface area contributed by atoms with Gasteiger partial charge in [-0.2, -0.15) is 0 Å². The number of benzene rings is 1. The van der Waals surface area contributed by atoms with Crippen LogP contribution in [0, 0.1) is 0 Å². The average molecular weight is 543 g/mol. The predicted octanol–water partition coefficient (Wildman–Crippen LogP) is 2.43. The fourth-order valence-corrected chi connectivity index (χ4v) is 5.03. The van der Waals surface area contributed by atoms with E-state index < -0.39 is 0 Å². The smallest absolute Gasteiger partial charge is 0.193 e. The molecule has 0 radical (unpaired) electrons. The van der Waals surface area contributed by atoms with Gasteiger partial charge in [0.2, 0.25) is 0 Å². The van der Waals surface area contributed by atoms with Gasteiger partial charge in [-0.25, -0.2) is 0 Å². The molecule has 174 valence electrons. The standard InChI is InChI=1S/C23H37N5O2.HI/c1-24-23(28-12-9-20(18-28)26-13-15-30-16-14-26)25-17-22(27-10-3-4-11-27)19-5-7-21(29-2)8-6-19;/h5-8,20,22H,3-4,9-18H2,1-2H3,(H,24,25);1H. The summed E-state index contributed by atoms with van der Waals surface area (Å²) in [6.45, 7) is 9.16. The number of nitrogens with one attached hydrogen (secondary N) is 1. The van der Waals surface area contributed by atoms with E-state index in [1.54, 1.807) is 7.11 Å². The van der Waals surface area contributed by atoms with Gasteiger partial charge in [0.15, 0.2) is 5.96 Å². The van der Waals surface area contributed by atoms with Gasteiger partial charge >= 0.3 is 0 Å². The number of ether oxygens (including phenoxy) is 2. The highest BCUT2D eigenvalue weighted by Crippen LogP contribution is 2.26. The molecule has 0 aliphatic carbocycles. The molecular weight excluding hydrogens is 505 g/mol. The number of hydrogen-bond donors (Lipinski definition) is 1. The summed E-state index contributed by atoms with van der Waals surface area (Å²) in [6, 6.07) is 9.52. The summed E-state index contributed by atoms with van der Waals surface area (Å²) in [7, 11) is 3.63. The van der Waals surface area contributed by atoms with Gasteiger partial charge < -0.3 is 19.7 Å². The van der Waals surface area contributed by atoms with Crippen molar-refractivity contribution in [3.63, 3.8) is 0 Å². The molecule has 1 aromatic rings. The van der Waals surface area contributed by atoms with Crippen LogP contribution in [0.5, 0.6) is 5.75 Å². The van der Waals surface area contributed by atoms with Crippen LogP contribution < -0.4 is 10.1 Å². The number of nitrogens with zero attached hydrogens (tertiary/aromatic N) is 4. The van der Waals surface area contributed by atoms with Gasteiger partial charge in [-0.15, -0.1) is 24.0 Å². The zero-order chi connectivity index (χ0) is 20.8. The Morgan fingerprint density at radius 3 is 2.48 bits per heavy atom. The Morgan fingerprint density at radius 2 is 1.84 bits per heavy atom. The lowest BCUT2D eigenvalue weighted by molar-refractivity contribution is 0.0194. The van der Waals surface area contributed by atoms with Gasteiger partial charge in [0.25, 0.3) is 0 Å². The van der Waals surface area contributed by atoms with Crippen molar-refractivity contribution < 1.29 is 9.47 Å². The number of methoxy groups -OCH3 is 1. The molecular formula is C23H38IN5O2. The number of hydrogen-bond acceptors (Lipinski definition) is 5. The van der Waals surface area contributed by atoms with Gasteiger partial charge in [-0.05, 0) is 50.0 Å². The van der Waals surface area contributed by atoms with E-state index in [-0.39, 0.29) is 24.0 Å². The molecule has 3 aliphatic heterocycles. The summed E-state index contributed by atoms with van der Waals surface area (Å²) in [4.78, 5) is 12.2. The Hall–Kier alpha value is -1.10. The van der Waals surface area contributed by atoms with Gasteiger partial charge in [0.05, 0.1) is 26.4 Å². The molecule has 31 heavy (non-hydrogen) atoms. The maximum Gasteiger partial charge on any atom is 0.193 e. The third kappa shape index (κ3) is 6.24. The fraction of sp³-hybridized carbons (Fsp3) is 0.696. The van der Waals surface area contributed by atoms with E-state index in [2.05, 4.69) is 49.3 Å². The minimum atomic E-state index is 0. The highest BCUT2D eigenvalue weighted by Gasteiger charge is 2.31. The first kappa shape index (κ1) is 24.5. The van der Waals surface area contributed by atoms with E-state index in [0.29, 0.717) is 12.1 Å². The summed E-state index contributed by atoms with van der Waals surface area (Å²) in [6.07, 6.45) is 3.78. The molecule has 8 heteroatoms. The van der Waals surface area contributed by atoms with E-state index >= 15 is 0 Å². The Labute approximate surface area is 204 Å². The van der Waals surface area contributed by atoms with Gasteiger partial charge in [0, 0.05) is 45.8 Å². The van der Waals surface area contributed by atoms with Crippen molar-refractivity contribution in [1.29, 1.82) is 0 Å². The van der Waals surface area contributed by atoms with Gasteiger partial charge in [0.1, 0.15) is 5.75 Å². The average Bonchev–Trinajstić information content (AvgIpc) is 3.50. The summed E-state index contributed by atoms with van der Waals surface area (Å²) in [5.74, 6) is 1.94. The third-order valence-corrected chi connectivity index (χ3v) is 6.77.